The number of benzene rings is 1. The minimum absolute atomic E-state index is 0.435. The lowest BCUT2D eigenvalue weighted by Gasteiger charge is -2.20. The van der Waals surface area contributed by atoms with Gasteiger partial charge in [-0.2, -0.15) is 0 Å². The Hall–Kier alpha value is -1.84. The van der Waals surface area contributed by atoms with Crippen LogP contribution in [0.1, 0.15) is 37.0 Å². The van der Waals surface area contributed by atoms with E-state index >= 15 is 0 Å². The van der Waals surface area contributed by atoms with Gasteiger partial charge in [0.2, 0.25) is 0 Å². The van der Waals surface area contributed by atoms with E-state index in [1.807, 2.05) is 6.92 Å². The topological polar surface area (TPSA) is 63.6 Å². The fourth-order valence-electron chi connectivity index (χ4n) is 1.76. The van der Waals surface area contributed by atoms with Gasteiger partial charge in [0.1, 0.15) is 6.10 Å². The predicted molar refractivity (Wildman–Crippen MR) is 67.4 cm³/mol. The first-order valence-corrected chi connectivity index (χ1v) is 6.05. The molecule has 0 fully saturated rings. The van der Waals surface area contributed by atoms with Crippen LogP contribution >= 0.6 is 0 Å². The van der Waals surface area contributed by atoms with E-state index in [2.05, 4.69) is 0 Å². The van der Waals surface area contributed by atoms with Gasteiger partial charge < -0.3 is 9.84 Å². The van der Waals surface area contributed by atoms with Crippen LogP contribution in [0.5, 0.6) is 0 Å². The van der Waals surface area contributed by atoms with Gasteiger partial charge in [-0.15, -0.1) is 0 Å². The van der Waals surface area contributed by atoms with E-state index in [0.717, 1.165) is 6.42 Å². The summed E-state index contributed by atoms with van der Waals surface area (Å²) in [5.41, 5.74) is 0.435. The maximum absolute atomic E-state index is 11.8. The minimum Gasteiger partial charge on any atom is -0.481 e. The van der Waals surface area contributed by atoms with Crippen LogP contribution in [0.15, 0.2) is 30.3 Å². The molecule has 0 aliphatic heterocycles. The number of carbonyl (C=O) groups excluding carboxylic acids is 1. The third-order valence-corrected chi connectivity index (χ3v) is 2.79. The molecule has 0 amide bonds. The van der Waals surface area contributed by atoms with E-state index in [1.54, 1.807) is 37.3 Å². The first-order chi connectivity index (χ1) is 8.56. The molecule has 2 atom stereocenters. The maximum Gasteiger partial charge on any atom is 0.338 e. The summed E-state index contributed by atoms with van der Waals surface area (Å²) >= 11 is 0. The number of ether oxygens (including phenoxy) is 1. The summed E-state index contributed by atoms with van der Waals surface area (Å²) in [5, 5.41) is 9.07. The Kier molecular flexibility index (Phi) is 5.36. The Bertz CT molecular complexity index is 400. The molecule has 0 saturated heterocycles. The molecule has 98 valence electrons. The molecule has 0 heterocycles. The molecule has 0 aliphatic carbocycles. The molecule has 1 N–H and O–H groups in total. The number of carboxylic acid groups (broad SMARTS) is 1. The lowest BCUT2D eigenvalue weighted by Crippen LogP contribution is -2.30. The van der Waals surface area contributed by atoms with Crippen LogP contribution in [0.3, 0.4) is 0 Å². The van der Waals surface area contributed by atoms with Crippen LogP contribution in [0, 0.1) is 5.92 Å². The fourth-order valence-corrected chi connectivity index (χ4v) is 1.76. The quantitative estimate of drug-likeness (QED) is 0.788. The monoisotopic (exact) mass is 250 g/mol. The number of aliphatic carboxylic acids is 1. The number of hydrogen-bond acceptors (Lipinski definition) is 3. The molecule has 2 unspecified atom stereocenters. The highest BCUT2D eigenvalue weighted by Crippen LogP contribution is 2.16. The van der Waals surface area contributed by atoms with Crippen molar-refractivity contribution in [3.8, 4) is 0 Å². The second-order valence-corrected chi connectivity index (χ2v) is 4.21. The third kappa shape index (κ3) is 3.87. The SMILES string of the molecule is CCCC(C(=O)O)C(C)OC(=O)c1ccccc1. The minimum atomic E-state index is -0.926. The molecule has 4 heteroatoms. The van der Waals surface area contributed by atoms with E-state index < -0.39 is 24.0 Å². The Morgan fingerprint density at radius 1 is 1.28 bits per heavy atom. The van der Waals surface area contributed by atoms with Crippen molar-refractivity contribution in [2.45, 2.75) is 32.8 Å². The van der Waals surface area contributed by atoms with Crippen LogP contribution < -0.4 is 0 Å². The summed E-state index contributed by atoms with van der Waals surface area (Å²) in [7, 11) is 0. The number of esters is 1. The Labute approximate surface area is 107 Å². The van der Waals surface area contributed by atoms with E-state index in [1.165, 1.54) is 0 Å². The van der Waals surface area contributed by atoms with Crippen molar-refractivity contribution in [2.75, 3.05) is 0 Å². The van der Waals surface area contributed by atoms with E-state index in [4.69, 9.17) is 9.84 Å². The van der Waals surface area contributed by atoms with Crippen molar-refractivity contribution in [1.29, 1.82) is 0 Å². The Balaban J connectivity index is 2.66. The Morgan fingerprint density at radius 2 is 1.89 bits per heavy atom. The molecule has 0 radical (unpaired) electrons. The zero-order chi connectivity index (χ0) is 13.5. The van der Waals surface area contributed by atoms with Crippen molar-refractivity contribution in [1.82, 2.24) is 0 Å². The van der Waals surface area contributed by atoms with Crippen LogP contribution in [0.25, 0.3) is 0 Å². The maximum atomic E-state index is 11.8. The van der Waals surface area contributed by atoms with Gasteiger partial charge in [0, 0.05) is 0 Å². The van der Waals surface area contributed by atoms with Crippen molar-refractivity contribution >= 4 is 11.9 Å². The summed E-state index contributed by atoms with van der Waals surface area (Å²) in [6.45, 7) is 3.52. The van der Waals surface area contributed by atoms with Crippen LogP contribution in [-0.2, 0) is 9.53 Å². The molecule has 0 aliphatic rings. The van der Waals surface area contributed by atoms with Crippen molar-refractivity contribution < 1.29 is 19.4 Å². The lowest BCUT2D eigenvalue weighted by molar-refractivity contribution is -0.145. The second-order valence-electron chi connectivity index (χ2n) is 4.21. The van der Waals surface area contributed by atoms with Crippen molar-refractivity contribution in [3.05, 3.63) is 35.9 Å². The van der Waals surface area contributed by atoms with Gasteiger partial charge >= 0.3 is 11.9 Å². The molecule has 0 spiro atoms. The predicted octanol–water partition coefficient (Wildman–Crippen LogP) is 2.73. The van der Waals surface area contributed by atoms with Crippen molar-refractivity contribution in [2.24, 2.45) is 5.92 Å². The average Bonchev–Trinajstić information content (AvgIpc) is 2.36. The van der Waals surface area contributed by atoms with Gasteiger partial charge in [-0.1, -0.05) is 31.5 Å². The van der Waals surface area contributed by atoms with Crippen LogP contribution in [0.2, 0.25) is 0 Å². The molecular weight excluding hydrogens is 232 g/mol. The molecule has 18 heavy (non-hydrogen) atoms. The summed E-state index contributed by atoms with van der Waals surface area (Å²) < 4.78 is 5.19. The summed E-state index contributed by atoms with van der Waals surface area (Å²) in [6, 6.07) is 8.57. The van der Waals surface area contributed by atoms with E-state index in [0.29, 0.717) is 12.0 Å². The molecule has 1 aromatic rings. The van der Waals surface area contributed by atoms with Gasteiger partial charge in [-0.25, -0.2) is 4.79 Å². The number of carboxylic acids is 1. The zero-order valence-electron chi connectivity index (χ0n) is 10.6. The number of rotatable bonds is 6. The fraction of sp³-hybridized carbons (Fsp3) is 0.429. The van der Waals surface area contributed by atoms with Crippen LogP contribution in [0.4, 0.5) is 0 Å². The summed E-state index contributed by atoms with van der Waals surface area (Å²) in [5.74, 6) is -2.06. The molecule has 0 aromatic heterocycles. The summed E-state index contributed by atoms with van der Waals surface area (Å²) in [4.78, 5) is 22.8. The Morgan fingerprint density at radius 3 is 2.39 bits per heavy atom. The van der Waals surface area contributed by atoms with Gasteiger partial charge in [0.15, 0.2) is 0 Å². The van der Waals surface area contributed by atoms with Crippen LogP contribution in [-0.4, -0.2) is 23.1 Å². The molecular formula is C14H18O4. The standard InChI is InChI=1S/C14H18O4/c1-3-7-12(13(15)16)10(2)18-14(17)11-8-5-4-6-9-11/h4-6,8-10,12H,3,7H2,1-2H3,(H,15,16). The third-order valence-electron chi connectivity index (χ3n) is 2.79. The highest BCUT2D eigenvalue weighted by molar-refractivity contribution is 5.89. The lowest BCUT2D eigenvalue weighted by atomic mass is 9.98. The normalized spacial score (nSPS) is 13.7. The summed E-state index contributed by atoms with van der Waals surface area (Å²) in [6.07, 6.45) is 0.609. The van der Waals surface area contributed by atoms with Gasteiger partial charge in [0.05, 0.1) is 11.5 Å². The van der Waals surface area contributed by atoms with Crippen molar-refractivity contribution in [3.63, 3.8) is 0 Å². The van der Waals surface area contributed by atoms with Gasteiger partial charge in [0.25, 0.3) is 0 Å². The highest BCUT2D eigenvalue weighted by Gasteiger charge is 2.27. The molecule has 0 saturated carbocycles. The second kappa shape index (κ2) is 6.79. The molecule has 4 nitrogen and oxygen atoms in total. The molecule has 0 bridgehead atoms. The van der Waals surface area contributed by atoms with Gasteiger partial charge in [-0.05, 0) is 25.5 Å². The first-order valence-electron chi connectivity index (χ1n) is 6.05. The molecule has 1 aromatic carbocycles. The van der Waals surface area contributed by atoms with Gasteiger partial charge in [-0.3, -0.25) is 4.79 Å². The average molecular weight is 250 g/mol. The largest absolute Gasteiger partial charge is 0.481 e. The number of hydrogen-bond donors (Lipinski definition) is 1. The zero-order valence-corrected chi connectivity index (χ0v) is 10.6. The van der Waals surface area contributed by atoms with E-state index in [9.17, 15) is 9.59 Å². The smallest absolute Gasteiger partial charge is 0.338 e. The first kappa shape index (κ1) is 14.2. The highest BCUT2D eigenvalue weighted by atomic mass is 16.5. The van der Waals surface area contributed by atoms with E-state index in [-0.39, 0.29) is 0 Å². The molecule has 1 rings (SSSR count). The number of carbonyl (C=O) groups is 2.